The standard InChI is InChI=1S/C15H17N3OS/c1-10-6-4-7-11(2)13(10)18-14(19)12(3)20-15-16-8-5-9-17-15/h4-9,12H,1-3H3,(H,18,19). The number of hydrogen-bond acceptors (Lipinski definition) is 4. The van der Waals surface area contributed by atoms with Gasteiger partial charge in [-0.3, -0.25) is 4.79 Å². The minimum atomic E-state index is -0.253. The van der Waals surface area contributed by atoms with E-state index in [4.69, 9.17) is 0 Å². The molecule has 1 amide bonds. The Balaban J connectivity index is 2.05. The summed E-state index contributed by atoms with van der Waals surface area (Å²) in [5.74, 6) is -0.0418. The van der Waals surface area contributed by atoms with Crippen LogP contribution in [0.25, 0.3) is 0 Å². The Labute approximate surface area is 123 Å². The minimum absolute atomic E-state index is 0.0418. The van der Waals surface area contributed by atoms with Crippen LogP contribution in [-0.4, -0.2) is 21.1 Å². The molecule has 5 heteroatoms. The molecule has 1 aromatic heterocycles. The molecular formula is C15H17N3OS. The van der Waals surface area contributed by atoms with Gasteiger partial charge in [-0.05, 0) is 38.0 Å². The van der Waals surface area contributed by atoms with E-state index in [1.54, 1.807) is 18.5 Å². The number of benzene rings is 1. The van der Waals surface area contributed by atoms with Crippen molar-refractivity contribution in [3.63, 3.8) is 0 Å². The van der Waals surface area contributed by atoms with Crippen molar-refractivity contribution in [2.45, 2.75) is 31.2 Å². The predicted octanol–water partition coefficient (Wildman–Crippen LogP) is 3.21. The van der Waals surface area contributed by atoms with Crippen molar-refractivity contribution < 1.29 is 4.79 Å². The fraction of sp³-hybridized carbons (Fsp3) is 0.267. The lowest BCUT2D eigenvalue weighted by Crippen LogP contribution is -2.23. The lowest BCUT2D eigenvalue weighted by Gasteiger charge is -2.14. The lowest BCUT2D eigenvalue weighted by molar-refractivity contribution is -0.115. The first-order chi connectivity index (χ1) is 9.58. The van der Waals surface area contributed by atoms with Crippen LogP contribution < -0.4 is 5.32 Å². The lowest BCUT2D eigenvalue weighted by atomic mass is 10.1. The average molecular weight is 287 g/mol. The molecule has 0 bridgehead atoms. The van der Waals surface area contributed by atoms with Gasteiger partial charge in [0.2, 0.25) is 5.91 Å². The maximum atomic E-state index is 12.2. The molecule has 2 rings (SSSR count). The van der Waals surface area contributed by atoms with Crippen LogP contribution in [-0.2, 0) is 4.79 Å². The first kappa shape index (κ1) is 14.5. The SMILES string of the molecule is Cc1cccc(C)c1NC(=O)C(C)Sc1ncccn1. The van der Waals surface area contributed by atoms with Crippen LogP contribution in [0.5, 0.6) is 0 Å². The molecule has 0 fully saturated rings. The van der Waals surface area contributed by atoms with Gasteiger partial charge < -0.3 is 5.32 Å². The first-order valence-corrected chi connectivity index (χ1v) is 7.26. The summed E-state index contributed by atoms with van der Waals surface area (Å²) in [4.78, 5) is 20.5. The number of anilines is 1. The Kier molecular flexibility index (Phi) is 4.74. The molecule has 104 valence electrons. The monoisotopic (exact) mass is 287 g/mol. The zero-order chi connectivity index (χ0) is 14.5. The van der Waals surface area contributed by atoms with E-state index in [2.05, 4.69) is 15.3 Å². The number of nitrogens with zero attached hydrogens (tertiary/aromatic N) is 2. The normalized spacial score (nSPS) is 11.9. The fourth-order valence-corrected chi connectivity index (χ4v) is 2.52. The Bertz CT molecular complexity index is 581. The van der Waals surface area contributed by atoms with Crippen molar-refractivity contribution in [1.82, 2.24) is 9.97 Å². The van der Waals surface area contributed by atoms with E-state index in [-0.39, 0.29) is 11.2 Å². The summed E-state index contributed by atoms with van der Waals surface area (Å²) < 4.78 is 0. The number of carbonyl (C=O) groups is 1. The highest BCUT2D eigenvalue weighted by molar-refractivity contribution is 8.00. The predicted molar refractivity (Wildman–Crippen MR) is 81.9 cm³/mol. The van der Waals surface area contributed by atoms with Crippen molar-refractivity contribution in [1.29, 1.82) is 0 Å². The Morgan fingerprint density at radius 1 is 1.15 bits per heavy atom. The molecule has 1 unspecified atom stereocenters. The number of para-hydroxylation sites is 1. The molecule has 1 N–H and O–H groups in total. The van der Waals surface area contributed by atoms with Crippen molar-refractivity contribution in [3.8, 4) is 0 Å². The summed E-state index contributed by atoms with van der Waals surface area (Å²) in [6.07, 6.45) is 3.34. The van der Waals surface area contributed by atoms with Crippen molar-refractivity contribution in [3.05, 3.63) is 47.8 Å². The highest BCUT2D eigenvalue weighted by Crippen LogP contribution is 2.23. The summed E-state index contributed by atoms with van der Waals surface area (Å²) in [7, 11) is 0. The van der Waals surface area contributed by atoms with Gasteiger partial charge in [0, 0.05) is 18.1 Å². The molecule has 1 atom stereocenters. The van der Waals surface area contributed by atoms with Crippen LogP contribution in [0.3, 0.4) is 0 Å². The minimum Gasteiger partial charge on any atom is -0.325 e. The smallest absolute Gasteiger partial charge is 0.237 e. The molecule has 0 aliphatic carbocycles. The molecule has 2 aromatic rings. The quantitative estimate of drug-likeness (QED) is 0.693. The summed E-state index contributed by atoms with van der Waals surface area (Å²) in [6.45, 7) is 5.82. The number of aryl methyl sites for hydroxylation is 2. The summed E-state index contributed by atoms with van der Waals surface area (Å²) in [5.41, 5.74) is 3.01. The molecule has 0 saturated heterocycles. The number of rotatable bonds is 4. The van der Waals surface area contributed by atoms with Gasteiger partial charge in [0.25, 0.3) is 0 Å². The third-order valence-electron chi connectivity index (χ3n) is 2.92. The fourth-order valence-electron chi connectivity index (χ4n) is 1.79. The van der Waals surface area contributed by atoms with E-state index in [0.29, 0.717) is 5.16 Å². The number of nitrogens with one attached hydrogen (secondary N) is 1. The van der Waals surface area contributed by atoms with E-state index < -0.39 is 0 Å². The molecule has 1 aromatic carbocycles. The number of amides is 1. The second-order valence-corrected chi connectivity index (χ2v) is 5.86. The van der Waals surface area contributed by atoms with E-state index in [1.807, 2.05) is 39.0 Å². The summed E-state index contributed by atoms with van der Waals surface area (Å²) in [6, 6.07) is 7.71. The van der Waals surface area contributed by atoms with Crippen molar-refractivity contribution in [2.24, 2.45) is 0 Å². The highest BCUT2D eigenvalue weighted by atomic mass is 32.2. The average Bonchev–Trinajstić information content (AvgIpc) is 2.44. The first-order valence-electron chi connectivity index (χ1n) is 6.38. The topological polar surface area (TPSA) is 54.9 Å². The van der Waals surface area contributed by atoms with Crippen LogP contribution in [0.2, 0.25) is 0 Å². The molecule has 0 aliphatic rings. The van der Waals surface area contributed by atoms with Gasteiger partial charge in [-0.2, -0.15) is 0 Å². The molecule has 0 aliphatic heterocycles. The Morgan fingerprint density at radius 3 is 2.35 bits per heavy atom. The number of hydrogen-bond donors (Lipinski definition) is 1. The Morgan fingerprint density at radius 2 is 1.75 bits per heavy atom. The third kappa shape index (κ3) is 3.57. The van der Waals surface area contributed by atoms with Crippen LogP contribution in [0.4, 0.5) is 5.69 Å². The second-order valence-electron chi connectivity index (χ2n) is 4.55. The maximum Gasteiger partial charge on any atom is 0.237 e. The highest BCUT2D eigenvalue weighted by Gasteiger charge is 2.17. The molecule has 0 radical (unpaired) electrons. The van der Waals surface area contributed by atoms with E-state index in [0.717, 1.165) is 16.8 Å². The van der Waals surface area contributed by atoms with E-state index >= 15 is 0 Å². The molecule has 20 heavy (non-hydrogen) atoms. The largest absolute Gasteiger partial charge is 0.325 e. The van der Waals surface area contributed by atoms with Crippen molar-refractivity contribution in [2.75, 3.05) is 5.32 Å². The van der Waals surface area contributed by atoms with Crippen LogP contribution in [0, 0.1) is 13.8 Å². The second kappa shape index (κ2) is 6.52. The van der Waals surface area contributed by atoms with Gasteiger partial charge in [-0.25, -0.2) is 9.97 Å². The van der Waals surface area contributed by atoms with Gasteiger partial charge in [-0.15, -0.1) is 0 Å². The molecule has 0 saturated carbocycles. The summed E-state index contributed by atoms with van der Waals surface area (Å²) in [5, 5.41) is 3.34. The zero-order valence-corrected chi connectivity index (χ0v) is 12.6. The van der Waals surface area contributed by atoms with Gasteiger partial charge in [0.15, 0.2) is 5.16 Å². The van der Waals surface area contributed by atoms with Crippen LogP contribution in [0.1, 0.15) is 18.1 Å². The molecule has 0 spiro atoms. The van der Waals surface area contributed by atoms with E-state index in [9.17, 15) is 4.79 Å². The third-order valence-corrected chi connectivity index (χ3v) is 3.91. The van der Waals surface area contributed by atoms with Crippen molar-refractivity contribution >= 4 is 23.4 Å². The number of aromatic nitrogens is 2. The van der Waals surface area contributed by atoms with Crippen LogP contribution in [0.15, 0.2) is 41.8 Å². The van der Waals surface area contributed by atoms with Gasteiger partial charge in [0.05, 0.1) is 5.25 Å². The Hall–Kier alpha value is -1.88. The van der Waals surface area contributed by atoms with Gasteiger partial charge in [0.1, 0.15) is 0 Å². The molecule has 1 heterocycles. The molecule has 4 nitrogen and oxygen atoms in total. The number of carbonyl (C=O) groups excluding carboxylic acids is 1. The zero-order valence-electron chi connectivity index (χ0n) is 11.8. The number of thioether (sulfide) groups is 1. The van der Waals surface area contributed by atoms with Gasteiger partial charge >= 0.3 is 0 Å². The maximum absolute atomic E-state index is 12.2. The summed E-state index contributed by atoms with van der Waals surface area (Å²) >= 11 is 1.35. The molecular weight excluding hydrogens is 270 g/mol. The van der Waals surface area contributed by atoms with E-state index in [1.165, 1.54) is 11.8 Å². The van der Waals surface area contributed by atoms with Gasteiger partial charge in [-0.1, -0.05) is 30.0 Å². The van der Waals surface area contributed by atoms with Crippen LogP contribution >= 0.6 is 11.8 Å².